The Labute approximate surface area is 173 Å². The SMILES string of the molecule is CN(C)CCCNc1nc(Nc2ccc(N3CCOCC3)cc2)cc(C2CC2)n1. The number of anilines is 4. The first-order valence-corrected chi connectivity index (χ1v) is 10.6. The van der Waals surface area contributed by atoms with Gasteiger partial charge in [0.2, 0.25) is 5.95 Å². The molecule has 0 atom stereocenters. The first kappa shape index (κ1) is 19.9. The second-order valence-corrected chi connectivity index (χ2v) is 8.13. The summed E-state index contributed by atoms with van der Waals surface area (Å²) in [6, 6.07) is 10.7. The van der Waals surface area contributed by atoms with Crippen LogP contribution in [-0.2, 0) is 4.74 Å². The van der Waals surface area contributed by atoms with E-state index >= 15 is 0 Å². The lowest BCUT2D eigenvalue weighted by molar-refractivity contribution is 0.122. The smallest absolute Gasteiger partial charge is 0.224 e. The van der Waals surface area contributed by atoms with Gasteiger partial charge in [-0.25, -0.2) is 4.98 Å². The number of ether oxygens (including phenoxy) is 1. The molecule has 2 fully saturated rings. The summed E-state index contributed by atoms with van der Waals surface area (Å²) in [5.41, 5.74) is 3.42. The monoisotopic (exact) mass is 396 g/mol. The second-order valence-electron chi connectivity index (χ2n) is 8.13. The van der Waals surface area contributed by atoms with Crippen LogP contribution in [0.25, 0.3) is 0 Å². The molecule has 156 valence electrons. The van der Waals surface area contributed by atoms with E-state index in [0.29, 0.717) is 5.92 Å². The molecule has 1 saturated heterocycles. The molecule has 1 aromatic heterocycles. The van der Waals surface area contributed by atoms with Gasteiger partial charge in [-0.15, -0.1) is 0 Å². The van der Waals surface area contributed by atoms with Gasteiger partial charge < -0.3 is 25.2 Å². The van der Waals surface area contributed by atoms with Gasteiger partial charge in [0.25, 0.3) is 0 Å². The van der Waals surface area contributed by atoms with Crippen LogP contribution >= 0.6 is 0 Å². The number of rotatable bonds is 9. The lowest BCUT2D eigenvalue weighted by atomic mass is 10.2. The fourth-order valence-corrected chi connectivity index (χ4v) is 3.52. The average Bonchev–Trinajstić information content (AvgIpc) is 3.58. The molecule has 2 heterocycles. The molecule has 0 radical (unpaired) electrons. The first-order chi connectivity index (χ1) is 14.2. The third-order valence-corrected chi connectivity index (χ3v) is 5.32. The van der Waals surface area contributed by atoms with Crippen molar-refractivity contribution in [2.75, 3.05) is 69.0 Å². The minimum absolute atomic E-state index is 0.588. The summed E-state index contributed by atoms with van der Waals surface area (Å²) in [4.78, 5) is 14.0. The first-order valence-electron chi connectivity index (χ1n) is 10.6. The van der Waals surface area contributed by atoms with Gasteiger partial charge in [0.1, 0.15) is 5.82 Å². The summed E-state index contributed by atoms with van der Waals surface area (Å²) in [6.45, 7) is 5.43. The summed E-state index contributed by atoms with van der Waals surface area (Å²) in [6.07, 6.45) is 3.52. The largest absolute Gasteiger partial charge is 0.378 e. The highest BCUT2D eigenvalue weighted by atomic mass is 16.5. The Kier molecular flexibility index (Phi) is 6.46. The van der Waals surface area contributed by atoms with Gasteiger partial charge in [-0.2, -0.15) is 4.98 Å². The van der Waals surface area contributed by atoms with Crippen molar-refractivity contribution in [3.05, 3.63) is 36.0 Å². The number of hydrogen-bond acceptors (Lipinski definition) is 7. The maximum absolute atomic E-state index is 5.44. The van der Waals surface area contributed by atoms with E-state index in [1.54, 1.807) is 0 Å². The predicted octanol–water partition coefficient (Wildman–Crippen LogP) is 3.30. The van der Waals surface area contributed by atoms with Crippen molar-refractivity contribution in [3.63, 3.8) is 0 Å². The maximum Gasteiger partial charge on any atom is 0.224 e. The molecule has 1 aromatic carbocycles. The fraction of sp³-hybridized carbons (Fsp3) is 0.545. The lowest BCUT2D eigenvalue weighted by Gasteiger charge is -2.28. The van der Waals surface area contributed by atoms with Crippen LogP contribution in [0.3, 0.4) is 0 Å². The van der Waals surface area contributed by atoms with E-state index in [-0.39, 0.29) is 0 Å². The van der Waals surface area contributed by atoms with E-state index in [0.717, 1.165) is 69.0 Å². The molecule has 0 bridgehead atoms. The summed E-state index contributed by atoms with van der Waals surface area (Å²) >= 11 is 0. The molecule has 1 aliphatic heterocycles. The van der Waals surface area contributed by atoms with Crippen molar-refractivity contribution in [1.82, 2.24) is 14.9 Å². The van der Waals surface area contributed by atoms with Crippen LogP contribution in [-0.4, -0.2) is 68.4 Å². The molecule has 0 spiro atoms. The van der Waals surface area contributed by atoms with E-state index < -0.39 is 0 Å². The van der Waals surface area contributed by atoms with Gasteiger partial charge in [-0.3, -0.25) is 0 Å². The second kappa shape index (κ2) is 9.41. The topological polar surface area (TPSA) is 65.5 Å². The van der Waals surface area contributed by atoms with Crippen molar-refractivity contribution in [1.29, 1.82) is 0 Å². The van der Waals surface area contributed by atoms with Gasteiger partial charge in [-0.1, -0.05) is 0 Å². The van der Waals surface area contributed by atoms with Crippen LogP contribution in [0.2, 0.25) is 0 Å². The molecule has 1 aliphatic carbocycles. The minimum Gasteiger partial charge on any atom is -0.378 e. The molecule has 2 N–H and O–H groups in total. The van der Waals surface area contributed by atoms with Gasteiger partial charge in [0, 0.05) is 43.0 Å². The number of nitrogens with one attached hydrogen (secondary N) is 2. The highest BCUT2D eigenvalue weighted by Gasteiger charge is 2.26. The molecule has 7 nitrogen and oxygen atoms in total. The van der Waals surface area contributed by atoms with Crippen molar-refractivity contribution in [3.8, 4) is 0 Å². The van der Waals surface area contributed by atoms with Gasteiger partial charge in [0.05, 0.1) is 18.9 Å². The highest BCUT2D eigenvalue weighted by Crippen LogP contribution is 2.40. The van der Waals surface area contributed by atoms with Gasteiger partial charge in [0.15, 0.2) is 0 Å². The number of morpholine rings is 1. The maximum atomic E-state index is 5.44. The van der Waals surface area contributed by atoms with Gasteiger partial charge >= 0.3 is 0 Å². The van der Waals surface area contributed by atoms with Crippen LogP contribution in [0.1, 0.15) is 30.9 Å². The van der Waals surface area contributed by atoms with Crippen LogP contribution in [0, 0.1) is 0 Å². The van der Waals surface area contributed by atoms with E-state index in [1.807, 2.05) is 0 Å². The normalized spacial score (nSPS) is 16.9. The fourth-order valence-electron chi connectivity index (χ4n) is 3.52. The Morgan fingerprint density at radius 3 is 2.55 bits per heavy atom. The Bertz CT molecular complexity index is 784. The average molecular weight is 397 g/mol. The molecule has 0 unspecified atom stereocenters. The standard InChI is InChI=1S/C22H32N6O/c1-27(2)11-3-10-23-22-25-20(17-4-5-17)16-21(26-22)24-18-6-8-19(9-7-18)28-12-14-29-15-13-28/h6-9,16-17H,3-5,10-15H2,1-2H3,(H2,23,24,25,26). The van der Waals surface area contributed by atoms with Crippen molar-refractivity contribution >= 4 is 23.1 Å². The predicted molar refractivity (Wildman–Crippen MR) is 118 cm³/mol. The van der Waals surface area contributed by atoms with Crippen LogP contribution in [0.5, 0.6) is 0 Å². The molecule has 0 amide bonds. The quantitative estimate of drug-likeness (QED) is 0.631. The number of nitrogens with zero attached hydrogens (tertiary/aromatic N) is 4. The molecule has 2 aliphatic rings. The zero-order valence-electron chi connectivity index (χ0n) is 17.5. The molecule has 4 rings (SSSR count). The number of benzene rings is 1. The lowest BCUT2D eigenvalue weighted by Crippen LogP contribution is -2.36. The summed E-state index contributed by atoms with van der Waals surface area (Å²) in [5.74, 6) is 2.17. The van der Waals surface area contributed by atoms with E-state index in [1.165, 1.54) is 18.5 Å². The molecule has 7 heteroatoms. The van der Waals surface area contributed by atoms with Crippen molar-refractivity contribution < 1.29 is 4.74 Å². The molecule has 1 saturated carbocycles. The molecular formula is C22H32N6O. The number of hydrogen-bond donors (Lipinski definition) is 2. The molecule has 2 aromatic rings. The zero-order valence-corrected chi connectivity index (χ0v) is 17.5. The van der Waals surface area contributed by atoms with E-state index in [2.05, 4.69) is 64.9 Å². The summed E-state index contributed by atoms with van der Waals surface area (Å²) in [7, 11) is 4.19. The van der Waals surface area contributed by atoms with Crippen LogP contribution in [0.4, 0.5) is 23.1 Å². The Hall–Kier alpha value is -2.38. The number of aromatic nitrogens is 2. The molecular weight excluding hydrogens is 364 g/mol. The highest BCUT2D eigenvalue weighted by molar-refractivity contribution is 5.62. The van der Waals surface area contributed by atoms with E-state index in [4.69, 9.17) is 14.7 Å². The zero-order chi connectivity index (χ0) is 20.1. The van der Waals surface area contributed by atoms with Crippen molar-refractivity contribution in [2.24, 2.45) is 0 Å². The Balaban J connectivity index is 1.41. The third-order valence-electron chi connectivity index (χ3n) is 5.32. The van der Waals surface area contributed by atoms with Crippen LogP contribution in [0.15, 0.2) is 30.3 Å². The Morgan fingerprint density at radius 1 is 1.10 bits per heavy atom. The summed E-state index contributed by atoms with van der Waals surface area (Å²) in [5, 5.41) is 6.86. The van der Waals surface area contributed by atoms with Gasteiger partial charge in [-0.05, 0) is 64.2 Å². The third kappa shape index (κ3) is 5.81. The van der Waals surface area contributed by atoms with E-state index in [9.17, 15) is 0 Å². The Morgan fingerprint density at radius 2 is 1.86 bits per heavy atom. The summed E-state index contributed by atoms with van der Waals surface area (Å²) < 4.78 is 5.44. The minimum atomic E-state index is 0.588. The molecule has 29 heavy (non-hydrogen) atoms. The van der Waals surface area contributed by atoms with Crippen LogP contribution < -0.4 is 15.5 Å². The van der Waals surface area contributed by atoms with Crippen molar-refractivity contribution in [2.45, 2.75) is 25.2 Å².